The molecule has 0 aliphatic carbocycles. The largest absolute Gasteiger partial charge is 0.371 e. The molecule has 0 aromatic heterocycles. The lowest BCUT2D eigenvalue weighted by Gasteiger charge is -2.35. The molecule has 0 unspecified atom stereocenters. The molecule has 7 nitrogen and oxygen atoms in total. The van der Waals surface area contributed by atoms with E-state index in [1.165, 1.54) is 12.8 Å². The molecule has 7 heteroatoms. The van der Waals surface area contributed by atoms with Gasteiger partial charge < -0.3 is 25.8 Å². The lowest BCUT2D eigenvalue weighted by Crippen LogP contribution is -2.52. The molecule has 2 fully saturated rings. The highest BCUT2D eigenvalue weighted by Crippen LogP contribution is 2.24. The van der Waals surface area contributed by atoms with E-state index in [0.29, 0.717) is 6.54 Å². The van der Waals surface area contributed by atoms with E-state index in [1.807, 2.05) is 45.0 Å². The molecule has 0 spiro atoms. The van der Waals surface area contributed by atoms with Gasteiger partial charge in [-0.3, -0.25) is 4.79 Å². The molecule has 3 N–H and O–H groups in total. The second kappa shape index (κ2) is 10.2. The fourth-order valence-electron chi connectivity index (χ4n) is 4.20. The first-order chi connectivity index (χ1) is 14.3. The monoisotopic (exact) mass is 415 g/mol. The van der Waals surface area contributed by atoms with Crippen LogP contribution in [0.2, 0.25) is 0 Å². The minimum atomic E-state index is -0.244. The Hall–Kier alpha value is -2.28. The zero-order valence-corrected chi connectivity index (χ0v) is 18.7. The molecule has 30 heavy (non-hydrogen) atoms. The Balaban J connectivity index is 1.50. The Morgan fingerprint density at radius 1 is 1.03 bits per heavy atom. The summed E-state index contributed by atoms with van der Waals surface area (Å²) in [6.07, 6.45) is 4.25. The number of anilines is 1. The van der Waals surface area contributed by atoms with Crippen LogP contribution in [-0.4, -0.2) is 67.7 Å². The van der Waals surface area contributed by atoms with Gasteiger partial charge in [-0.05, 0) is 71.7 Å². The molecule has 1 aromatic rings. The molecule has 0 radical (unpaired) electrons. The molecule has 166 valence electrons. The van der Waals surface area contributed by atoms with E-state index in [1.54, 1.807) is 0 Å². The van der Waals surface area contributed by atoms with Crippen LogP contribution in [0.25, 0.3) is 0 Å². The van der Waals surface area contributed by atoms with Gasteiger partial charge in [-0.2, -0.15) is 0 Å². The summed E-state index contributed by atoms with van der Waals surface area (Å²) in [4.78, 5) is 29.6. The molecular formula is C23H37N5O2. The fraction of sp³-hybridized carbons (Fsp3) is 0.652. The van der Waals surface area contributed by atoms with Gasteiger partial charge in [-0.15, -0.1) is 0 Å². The van der Waals surface area contributed by atoms with Crippen molar-refractivity contribution in [3.63, 3.8) is 0 Å². The summed E-state index contributed by atoms with van der Waals surface area (Å²) in [6.45, 7) is 11.4. The van der Waals surface area contributed by atoms with Crippen LogP contribution < -0.4 is 20.9 Å². The Kier molecular flexibility index (Phi) is 7.58. The van der Waals surface area contributed by atoms with E-state index in [-0.39, 0.29) is 23.5 Å². The number of carbonyl (C=O) groups is 2. The van der Waals surface area contributed by atoms with Crippen LogP contribution in [0.15, 0.2) is 24.3 Å². The highest BCUT2D eigenvalue weighted by Gasteiger charge is 2.25. The van der Waals surface area contributed by atoms with E-state index in [2.05, 4.69) is 25.8 Å². The van der Waals surface area contributed by atoms with Gasteiger partial charge in [0.25, 0.3) is 5.91 Å². The quantitative estimate of drug-likeness (QED) is 0.667. The molecular weight excluding hydrogens is 378 g/mol. The maximum atomic E-state index is 12.8. The summed E-state index contributed by atoms with van der Waals surface area (Å²) in [5.41, 5.74) is 1.47. The summed E-state index contributed by atoms with van der Waals surface area (Å²) in [7, 11) is 0. The number of para-hydroxylation sites is 1. The number of benzene rings is 1. The van der Waals surface area contributed by atoms with Gasteiger partial charge in [0.1, 0.15) is 0 Å². The average molecular weight is 416 g/mol. The average Bonchev–Trinajstić information content (AvgIpc) is 3.20. The molecule has 0 atom stereocenters. The lowest BCUT2D eigenvalue weighted by molar-refractivity contribution is 0.0950. The maximum absolute atomic E-state index is 12.8. The zero-order chi connectivity index (χ0) is 21.6. The number of hydrogen-bond donors (Lipinski definition) is 3. The van der Waals surface area contributed by atoms with Crippen molar-refractivity contribution in [2.24, 2.45) is 0 Å². The molecule has 2 aliphatic heterocycles. The molecule has 0 bridgehead atoms. The summed E-state index contributed by atoms with van der Waals surface area (Å²) in [5, 5.41) is 9.12. The molecule has 0 saturated carbocycles. The van der Waals surface area contributed by atoms with Crippen LogP contribution in [0.1, 0.15) is 56.8 Å². The Bertz CT molecular complexity index is 717. The van der Waals surface area contributed by atoms with Crippen LogP contribution in [0, 0.1) is 0 Å². The smallest absolute Gasteiger partial charge is 0.315 e. The third-order valence-electron chi connectivity index (χ3n) is 5.72. The van der Waals surface area contributed by atoms with Crippen molar-refractivity contribution in [1.82, 2.24) is 20.9 Å². The van der Waals surface area contributed by atoms with Crippen molar-refractivity contribution in [3.05, 3.63) is 29.8 Å². The van der Waals surface area contributed by atoms with Crippen molar-refractivity contribution >= 4 is 17.6 Å². The Morgan fingerprint density at radius 2 is 1.70 bits per heavy atom. The van der Waals surface area contributed by atoms with E-state index in [0.717, 1.165) is 56.8 Å². The van der Waals surface area contributed by atoms with Gasteiger partial charge in [0.2, 0.25) is 0 Å². The Labute approximate surface area is 180 Å². The summed E-state index contributed by atoms with van der Waals surface area (Å²) < 4.78 is 0. The lowest BCUT2D eigenvalue weighted by atomic mass is 10.0. The minimum Gasteiger partial charge on any atom is -0.371 e. The topological polar surface area (TPSA) is 76.7 Å². The first-order valence-electron chi connectivity index (χ1n) is 11.2. The zero-order valence-electron chi connectivity index (χ0n) is 18.7. The third kappa shape index (κ3) is 6.62. The summed E-state index contributed by atoms with van der Waals surface area (Å²) >= 11 is 0. The number of hydrogen-bond acceptors (Lipinski definition) is 4. The predicted octanol–water partition coefficient (Wildman–Crippen LogP) is 2.58. The number of piperidine rings is 1. The predicted molar refractivity (Wildman–Crippen MR) is 121 cm³/mol. The number of likely N-dealkylation sites (tertiary alicyclic amines) is 1. The standard InChI is InChI=1S/C23H37N5O2/c1-23(2,3)26-22(30)25-18-10-15-28(16-11-18)20-9-5-4-8-19(20)21(29)24-12-17-27-13-6-7-14-27/h4-5,8-9,18H,6-7,10-17H2,1-3H3,(H,24,29)(H2,25,26,30). The van der Waals surface area contributed by atoms with Gasteiger partial charge in [-0.1, -0.05) is 12.1 Å². The van der Waals surface area contributed by atoms with Gasteiger partial charge in [0.05, 0.1) is 5.56 Å². The van der Waals surface area contributed by atoms with E-state index in [4.69, 9.17) is 0 Å². The van der Waals surface area contributed by atoms with Gasteiger partial charge in [0.15, 0.2) is 0 Å². The van der Waals surface area contributed by atoms with Crippen LogP contribution >= 0.6 is 0 Å². The van der Waals surface area contributed by atoms with Crippen molar-refractivity contribution in [2.75, 3.05) is 44.2 Å². The van der Waals surface area contributed by atoms with Crippen LogP contribution in [-0.2, 0) is 0 Å². The first kappa shape index (κ1) is 22.4. The summed E-state index contributed by atoms with van der Waals surface area (Å²) in [6, 6.07) is 7.88. The molecule has 3 rings (SSSR count). The van der Waals surface area contributed by atoms with E-state index >= 15 is 0 Å². The molecule has 3 amide bonds. The number of urea groups is 1. The molecule has 1 aromatic carbocycles. The Morgan fingerprint density at radius 3 is 2.37 bits per heavy atom. The van der Waals surface area contributed by atoms with Crippen molar-refractivity contribution in [3.8, 4) is 0 Å². The van der Waals surface area contributed by atoms with E-state index in [9.17, 15) is 9.59 Å². The van der Waals surface area contributed by atoms with E-state index < -0.39 is 0 Å². The highest BCUT2D eigenvalue weighted by atomic mass is 16.2. The second-order valence-electron chi connectivity index (χ2n) is 9.43. The minimum absolute atomic E-state index is 0.00500. The maximum Gasteiger partial charge on any atom is 0.315 e. The third-order valence-corrected chi connectivity index (χ3v) is 5.72. The van der Waals surface area contributed by atoms with Crippen molar-refractivity contribution in [1.29, 1.82) is 0 Å². The van der Waals surface area contributed by atoms with Crippen LogP contribution in [0.3, 0.4) is 0 Å². The molecule has 2 aliphatic rings. The number of carbonyl (C=O) groups excluding carboxylic acids is 2. The number of nitrogens with zero attached hydrogens (tertiary/aromatic N) is 2. The van der Waals surface area contributed by atoms with Crippen molar-refractivity contribution < 1.29 is 9.59 Å². The summed E-state index contributed by atoms with van der Waals surface area (Å²) in [5.74, 6) is -0.00500. The fourth-order valence-corrected chi connectivity index (χ4v) is 4.20. The number of amides is 3. The van der Waals surface area contributed by atoms with Gasteiger partial charge in [-0.25, -0.2) is 4.79 Å². The molecule has 2 saturated heterocycles. The SMILES string of the molecule is CC(C)(C)NC(=O)NC1CCN(c2ccccc2C(=O)NCCN2CCCC2)CC1. The normalized spacial score (nSPS) is 18.3. The number of nitrogens with one attached hydrogen (secondary N) is 3. The first-order valence-corrected chi connectivity index (χ1v) is 11.2. The van der Waals surface area contributed by atoms with Crippen LogP contribution in [0.5, 0.6) is 0 Å². The van der Waals surface area contributed by atoms with Crippen molar-refractivity contribution in [2.45, 2.75) is 58.0 Å². The van der Waals surface area contributed by atoms with Crippen LogP contribution in [0.4, 0.5) is 10.5 Å². The molecule has 2 heterocycles. The van der Waals surface area contributed by atoms with Gasteiger partial charge >= 0.3 is 6.03 Å². The second-order valence-corrected chi connectivity index (χ2v) is 9.43. The number of rotatable bonds is 6. The van der Waals surface area contributed by atoms with Gasteiger partial charge in [0, 0.05) is 43.4 Å². The highest BCUT2D eigenvalue weighted by molar-refractivity contribution is 5.99.